The minimum Gasteiger partial charge on any atom is -0.393 e. The fourth-order valence-electron chi connectivity index (χ4n) is 4.24. The zero-order valence-electron chi connectivity index (χ0n) is 28.4. The lowest BCUT2D eigenvalue weighted by molar-refractivity contribution is -0.264. The Labute approximate surface area is 278 Å². The first-order chi connectivity index (χ1) is 22.5. The first kappa shape index (κ1) is 46.3. The van der Waals surface area contributed by atoms with E-state index in [-0.39, 0.29) is 52.5 Å². The highest BCUT2D eigenvalue weighted by atomic mass is 16.7. The molecule has 47 heavy (non-hydrogen) atoms. The summed E-state index contributed by atoms with van der Waals surface area (Å²) < 4.78 is 44.2. The first-order valence-electron chi connectivity index (χ1n) is 16.3. The van der Waals surface area contributed by atoms with Gasteiger partial charge in [0, 0.05) is 25.0 Å². The molecule has 0 saturated carbocycles. The number of hydrogen-bond donors (Lipinski definition) is 10. The van der Waals surface area contributed by atoms with Gasteiger partial charge in [0.15, 0.2) is 18.9 Å². The molecule has 0 amide bonds. The summed E-state index contributed by atoms with van der Waals surface area (Å²) in [6.45, 7) is 8.53. The predicted octanol–water partition coefficient (Wildman–Crippen LogP) is -4.08. The molecular weight excluding hydrogens is 628 g/mol. The van der Waals surface area contributed by atoms with Crippen molar-refractivity contribution in [2.75, 3.05) is 79.2 Å². The molecule has 0 radical (unpaired) electrons. The zero-order valence-corrected chi connectivity index (χ0v) is 28.4. The average molecular weight is 693 g/mol. The summed E-state index contributed by atoms with van der Waals surface area (Å²) in [5, 5.41) is 61.6. The highest BCUT2D eigenvalue weighted by Gasteiger charge is 2.36. The van der Waals surface area contributed by atoms with E-state index in [0.29, 0.717) is 26.4 Å². The maximum absolute atomic E-state index is 11.0. The van der Waals surface area contributed by atoms with E-state index in [4.69, 9.17) is 60.8 Å². The molecule has 0 aromatic rings. The van der Waals surface area contributed by atoms with Crippen LogP contribution in [0.15, 0.2) is 0 Å². The van der Waals surface area contributed by atoms with Gasteiger partial charge in [0.25, 0.3) is 0 Å². The van der Waals surface area contributed by atoms with Crippen molar-refractivity contribution in [3.05, 3.63) is 0 Å². The van der Waals surface area contributed by atoms with Crippen LogP contribution in [0, 0.1) is 5.92 Å². The fraction of sp³-hybridized carbons (Fsp3) is 1.00. The van der Waals surface area contributed by atoms with Crippen LogP contribution in [0.2, 0.25) is 0 Å². The lowest BCUT2D eigenvalue weighted by atomic mass is 9.95. The lowest BCUT2D eigenvalue weighted by Crippen LogP contribution is -2.52. The Morgan fingerprint density at radius 2 is 1.26 bits per heavy atom. The second kappa shape index (κ2) is 28.0. The van der Waals surface area contributed by atoms with Crippen LogP contribution in [-0.4, -0.2) is 177 Å². The third kappa shape index (κ3) is 19.3. The van der Waals surface area contributed by atoms with Gasteiger partial charge in [-0.2, -0.15) is 0 Å². The molecule has 1 rings (SSSR count). The van der Waals surface area contributed by atoms with Crippen molar-refractivity contribution >= 4 is 0 Å². The second-order valence-electron chi connectivity index (χ2n) is 10.8. The molecule has 0 aliphatic carbocycles. The summed E-state index contributed by atoms with van der Waals surface area (Å²) in [5.41, 5.74) is 23.8. The SMILES string of the molecule is CC.CC(O)C(CN)OC(OC(C)C(N)CC(N)[C@H](O)OC(O)C(O)C1COCCOCCOCCOCCOC1CN)C(O)CO. The molecule has 0 bridgehead atoms. The standard InChI is InChI=1S/C27H58N4O14.C2H6/c1-16(33)22(12-28)44-27(21(34)14-32)43-17(2)19(30)11-20(31)25(36)45-26(37)24(35)18-15-41-8-7-39-4-3-38-5-6-40-9-10-42-23(18)13-29;1-2/h16-27,32-37H,3-15,28-31H2,1-2H3;1-2H3/t16?,17?,18?,19?,20?,21?,22?,23?,24?,25-,26?,27?;/m1./s1. The molecule has 12 atom stereocenters. The summed E-state index contributed by atoms with van der Waals surface area (Å²) in [4.78, 5) is 0. The Morgan fingerprint density at radius 3 is 1.74 bits per heavy atom. The van der Waals surface area contributed by atoms with E-state index in [2.05, 4.69) is 0 Å². The van der Waals surface area contributed by atoms with E-state index in [1.165, 1.54) is 6.92 Å². The van der Waals surface area contributed by atoms with Crippen molar-refractivity contribution in [3.63, 3.8) is 0 Å². The molecule has 0 aromatic carbocycles. The molecule has 18 nitrogen and oxygen atoms in total. The van der Waals surface area contributed by atoms with Gasteiger partial charge in [-0.25, -0.2) is 0 Å². The molecule has 1 heterocycles. The highest BCUT2D eigenvalue weighted by Crippen LogP contribution is 2.20. The summed E-state index contributed by atoms with van der Waals surface area (Å²) in [6.07, 6.45) is -11.7. The van der Waals surface area contributed by atoms with Crippen LogP contribution >= 0.6 is 0 Å². The minimum absolute atomic E-state index is 0.0227. The molecule has 0 aromatic heterocycles. The molecule has 1 aliphatic heterocycles. The van der Waals surface area contributed by atoms with Crippen LogP contribution < -0.4 is 22.9 Å². The molecular formula is C29H64N4O14. The monoisotopic (exact) mass is 692 g/mol. The van der Waals surface area contributed by atoms with Crippen LogP contribution in [0.4, 0.5) is 0 Å². The van der Waals surface area contributed by atoms with Gasteiger partial charge in [-0.1, -0.05) is 13.8 Å². The Balaban J connectivity index is 0.0000104. The van der Waals surface area contributed by atoms with Crippen molar-refractivity contribution < 1.29 is 68.5 Å². The van der Waals surface area contributed by atoms with Crippen molar-refractivity contribution in [1.82, 2.24) is 0 Å². The average Bonchev–Trinajstić information content (AvgIpc) is 3.06. The van der Waals surface area contributed by atoms with Crippen molar-refractivity contribution in [1.29, 1.82) is 0 Å². The van der Waals surface area contributed by atoms with Crippen LogP contribution in [0.1, 0.15) is 34.1 Å². The van der Waals surface area contributed by atoms with E-state index in [1.807, 2.05) is 13.8 Å². The van der Waals surface area contributed by atoms with Gasteiger partial charge >= 0.3 is 0 Å². The lowest BCUT2D eigenvalue weighted by Gasteiger charge is -2.34. The molecule has 11 unspecified atom stereocenters. The van der Waals surface area contributed by atoms with Crippen molar-refractivity contribution in [2.45, 2.75) is 102 Å². The number of hydrogen-bond acceptors (Lipinski definition) is 18. The molecule has 284 valence electrons. The predicted molar refractivity (Wildman–Crippen MR) is 170 cm³/mol. The number of aliphatic hydroxyl groups is 6. The van der Waals surface area contributed by atoms with Gasteiger partial charge in [0.1, 0.15) is 12.2 Å². The Morgan fingerprint density at radius 1 is 0.723 bits per heavy atom. The first-order valence-corrected chi connectivity index (χ1v) is 16.3. The quantitative estimate of drug-likeness (QED) is 0.0648. The number of rotatable bonds is 17. The van der Waals surface area contributed by atoms with Gasteiger partial charge < -0.3 is 91.5 Å². The van der Waals surface area contributed by atoms with Gasteiger partial charge in [-0.15, -0.1) is 0 Å². The summed E-state index contributed by atoms with van der Waals surface area (Å²) in [5.74, 6) is -0.866. The van der Waals surface area contributed by atoms with Crippen LogP contribution in [-0.2, 0) is 37.9 Å². The van der Waals surface area contributed by atoms with Gasteiger partial charge in [-0.3, -0.25) is 0 Å². The minimum atomic E-state index is -1.91. The van der Waals surface area contributed by atoms with Gasteiger partial charge in [-0.05, 0) is 20.3 Å². The number of ether oxygens (including phenoxy) is 8. The smallest absolute Gasteiger partial charge is 0.186 e. The normalized spacial score (nSPS) is 25.9. The van der Waals surface area contributed by atoms with E-state index >= 15 is 0 Å². The zero-order chi connectivity index (χ0) is 35.8. The van der Waals surface area contributed by atoms with Crippen LogP contribution in [0.25, 0.3) is 0 Å². The van der Waals surface area contributed by atoms with E-state index < -0.39 is 80.1 Å². The maximum Gasteiger partial charge on any atom is 0.186 e. The summed E-state index contributed by atoms with van der Waals surface area (Å²) in [7, 11) is 0. The highest BCUT2D eigenvalue weighted by molar-refractivity contribution is 4.83. The molecule has 1 aliphatic rings. The maximum atomic E-state index is 11.0. The van der Waals surface area contributed by atoms with E-state index in [1.54, 1.807) is 6.92 Å². The topological polar surface area (TPSA) is 299 Å². The van der Waals surface area contributed by atoms with Crippen molar-refractivity contribution in [2.24, 2.45) is 28.9 Å². The number of nitrogens with two attached hydrogens (primary N) is 4. The number of aliphatic hydroxyl groups excluding tert-OH is 6. The Bertz CT molecular complexity index is 722. The third-order valence-corrected chi connectivity index (χ3v) is 7.15. The molecule has 14 N–H and O–H groups in total. The van der Waals surface area contributed by atoms with Gasteiger partial charge in [0.2, 0.25) is 0 Å². The largest absolute Gasteiger partial charge is 0.393 e. The Kier molecular flexibility index (Phi) is 27.6. The van der Waals surface area contributed by atoms with Crippen molar-refractivity contribution in [3.8, 4) is 0 Å². The third-order valence-electron chi connectivity index (χ3n) is 7.15. The van der Waals surface area contributed by atoms with Crippen LogP contribution in [0.3, 0.4) is 0 Å². The summed E-state index contributed by atoms with van der Waals surface area (Å²) in [6, 6.07) is -2.01. The molecule has 18 heteroatoms. The fourth-order valence-corrected chi connectivity index (χ4v) is 4.24. The second-order valence-corrected chi connectivity index (χ2v) is 10.8. The molecule has 1 fully saturated rings. The molecule has 0 spiro atoms. The summed E-state index contributed by atoms with van der Waals surface area (Å²) >= 11 is 0. The van der Waals surface area contributed by atoms with Gasteiger partial charge in [0.05, 0.1) is 96.5 Å². The Hall–Kier alpha value is -0.720. The molecule has 1 saturated heterocycles. The van der Waals surface area contributed by atoms with E-state index in [9.17, 15) is 30.6 Å². The van der Waals surface area contributed by atoms with E-state index in [0.717, 1.165) is 0 Å². The van der Waals surface area contributed by atoms with Crippen LogP contribution in [0.5, 0.6) is 0 Å².